The highest BCUT2D eigenvalue weighted by molar-refractivity contribution is 5.99. The molecule has 22 heavy (non-hydrogen) atoms. The summed E-state index contributed by atoms with van der Waals surface area (Å²) < 4.78 is 3.75. The first-order chi connectivity index (χ1) is 10.8. The van der Waals surface area contributed by atoms with Crippen LogP contribution in [0, 0.1) is 0 Å². The number of aromatic nitrogens is 5. The highest BCUT2D eigenvalue weighted by Crippen LogP contribution is 2.30. The molecule has 0 N–H and O–H groups in total. The van der Waals surface area contributed by atoms with E-state index in [9.17, 15) is 4.79 Å². The molecule has 4 heterocycles. The zero-order valence-corrected chi connectivity index (χ0v) is 12.3. The lowest BCUT2D eigenvalue weighted by Crippen LogP contribution is -2.41. The monoisotopic (exact) mass is 296 g/mol. The number of tetrazole rings is 1. The van der Waals surface area contributed by atoms with E-state index >= 15 is 0 Å². The first kappa shape index (κ1) is 13.0. The van der Waals surface area contributed by atoms with E-state index in [4.69, 9.17) is 0 Å². The maximum Gasteiger partial charge on any atom is 0.258 e. The normalized spacial score (nSPS) is 17.7. The van der Waals surface area contributed by atoms with Gasteiger partial charge in [0.25, 0.3) is 5.91 Å². The van der Waals surface area contributed by atoms with Crippen molar-refractivity contribution in [2.75, 3.05) is 6.54 Å². The van der Waals surface area contributed by atoms with Gasteiger partial charge in [0.2, 0.25) is 0 Å². The maximum atomic E-state index is 13.0. The fourth-order valence-corrected chi connectivity index (χ4v) is 3.23. The zero-order chi connectivity index (χ0) is 15.1. The van der Waals surface area contributed by atoms with Gasteiger partial charge in [-0.15, -0.1) is 5.10 Å². The molecular formula is C15H16N6O. The second-order valence-electron chi connectivity index (χ2n) is 5.42. The summed E-state index contributed by atoms with van der Waals surface area (Å²) >= 11 is 0. The van der Waals surface area contributed by atoms with Gasteiger partial charge < -0.3 is 9.47 Å². The minimum absolute atomic E-state index is 0.0142. The summed E-state index contributed by atoms with van der Waals surface area (Å²) in [6.45, 7) is 3.62. The van der Waals surface area contributed by atoms with Crippen LogP contribution in [0.15, 0.2) is 36.7 Å². The Morgan fingerprint density at radius 2 is 2.14 bits per heavy atom. The fraction of sp³-hybridized carbons (Fsp3) is 0.333. The Hall–Kier alpha value is -2.70. The van der Waals surface area contributed by atoms with Gasteiger partial charge >= 0.3 is 0 Å². The summed E-state index contributed by atoms with van der Waals surface area (Å²) in [5.74, 6) is -0.0142. The van der Waals surface area contributed by atoms with Crippen LogP contribution in [-0.4, -0.2) is 42.0 Å². The number of fused-ring (bicyclic) bond motifs is 2. The fourth-order valence-electron chi connectivity index (χ4n) is 3.23. The number of amides is 1. The minimum atomic E-state index is -0.0142. The highest BCUT2D eigenvalue weighted by Gasteiger charge is 2.31. The minimum Gasteiger partial charge on any atom is -0.348 e. The standard InChI is InChI=1S/C15H16N6O/c1-2-12-13-6-4-7-19(13)9-10-20(12)15(22)11-5-3-8-21-14(11)16-17-18-21/h3-8,12H,2,9-10H2,1H3/t12-/m1/s1. The molecule has 0 spiro atoms. The van der Waals surface area contributed by atoms with E-state index in [-0.39, 0.29) is 11.9 Å². The predicted molar refractivity (Wildman–Crippen MR) is 79.3 cm³/mol. The van der Waals surface area contributed by atoms with Crippen LogP contribution in [0.3, 0.4) is 0 Å². The molecule has 0 aromatic carbocycles. The van der Waals surface area contributed by atoms with Crippen LogP contribution in [0.25, 0.3) is 5.65 Å². The Kier molecular flexibility index (Phi) is 2.92. The van der Waals surface area contributed by atoms with Crippen molar-refractivity contribution in [1.82, 2.24) is 29.5 Å². The molecule has 1 aliphatic heterocycles. The van der Waals surface area contributed by atoms with E-state index in [1.165, 1.54) is 10.2 Å². The quantitative estimate of drug-likeness (QED) is 0.719. The first-order valence-corrected chi connectivity index (χ1v) is 7.42. The highest BCUT2D eigenvalue weighted by atomic mass is 16.2. The second-order valence-corrected chi connectivity index (χ2v) is 5.42. The van der Waals surface area contributed by atoms with Crippen LogP contribution in [-0.2, 0) is 6.54 Å². The Bertz CT molecular complexity index is 835. The zero-order valence-electron chi connectivity index (χ0n) is 12.3. The third kappa shape index (κ3) is 1.82. The molecule has 0 fully saturated rings. The molecule has 0 saturated carbocycles. The van der Waals surface area contributed by atoms with Crippen LogP contribution in [0.1, 0.15) is 35.4 Å². The molecule has 1 atom stereocenters. The SMILES string of the molecule is CC[C@@H]1c2cccn2CCN1C(=O)c1cccn2nnnc12. The Balaban J connectivity index is 1.75. The third-order valence-corrected chi connectivity index (χ3v) is 4.27. The second kappa shape index (κ2) is 4.94. The molecule has 112 valence electrons. The van der Waals surface area contributed by atoms with Gasteiger partial charge in [0.15, 0.2) is 5.65 Å². The van der Waals surface area contributed by atoms with Gasteiger partial charge in [-0.25, -0.2) is 0 Å². The van der Waals surface area contributed by atoms with Crippen molar-refractivity contribution >= 4 is 11.6 Å². The Labute approximate surface area is 127 Å². The lowest BCUT2D eigenvalue weighted by Gasteiger charge is -2.36. The lowest BCUT2D eigenvalue weighted by molar-refractivity contribution is 0.0619. The molecule has 3 aromatic heterocycles. The summed E-state index contributed by atoms with van der Waals surface area (Å²) in [4.78, 5) is 15.0. The summed E-state index contributed by atoms with van der Waals surface area (Å²) in [5, 5.41) is 11.5. The number of carbonyl (C=O) groups is 1. The van der Waals surface area contributed by atoms with E-state index in [0.29, 0.717) is 17.8 Å². The summed E-state index contributed by atoms with van der Waals surface area (Å²) in [6.07, 6.45) is 4.69. The molecule has 0 radical (unpaired) electrons. The van der Waals surface area contributed by atoms with E-state index in [0.717, 1.165) is 13.0 Å². The predicted octanol–water partition coefficient (Wildman–Crippen LogP) is 1.53. The molecular weight excluding hydrogens is 280 g/mol. The summed E-state index contributed by atoms with van der Waals surface area (Å²) in [6, 6.07) is 7.80. The van der Waals surface area contributed by atoms with Crippen molar-refractivity contribution < 1.29 is 4.79 Å². The average molecular weight is 296 g/mol. The van der Waals surface area contributed by atoms with Gasteiger partial charge in [-0.05, 0) is 41.1 Å². The van der Waals surface area contributed by atoms with Crippen molar-refractivity contribution in [3.8, 4) is 0 Å². The van der Waals surface area contributed by atoms with Crippen LogP contribution in [0.2, 0.25) is 0 Å². The van der Waals surface area contributed by atoms with Gasteiger partial charge in [0, 0.05) is 31.2 Å². The summed E-state index contributed by atoms with van der Waals surface area (Å²) in [5.41, 5.74) is 2.24. The molecule has 0 unspecified atom stereocenters. The van der Waals surface area contributed by atoms with Crippen LogP contribution in [0.5, 0.6) is 0 Å². The van der Waals surface area contributed by atoms with E-state index < -0.39 is 0 Å². The van der Waals surface area contributed by atoms with Crippen molar-refractivity contribution in [1.29, 1.82) is 0 Å². The molecule has 0 saturated heterocycles. The maximum absolute atomic E-state index is 13.0. The number of carbonyl (C=O) groups excluding carboxylic acids is 1. The number of rotatable bonds is 2. The van der Waals surface area contributed by atoms with Crippen LogP contribution >= 0.6 is 0 Å². The smallest absolute Gasteiger partial charge is 0.258 e. The molecule has 3 aromatic rings. The molecule has 1 aliphatic rings. The van der Waals surface area contributed by atoms with E-state index in [1.807, 2.05) is 11.0 Å². The number of nitrogens with zero attached hydrogens (tertiary/aromatic N) is 6. The van der Waals surface area contributed by atoms with E-state index in [1.54, 1.807) is 18.3 Å². The van der Waals surface area contributed by atoms with Crippen LogP contribution in [0.4, 0.5) is 0 Å². The van der Waals surface area contributed by atoms with Gasteiger partial charge in [-0.1, -0.05) is 6.92 Å². The molecule has 0 aliphatic carbocycles. The Morgan fingerprint density at radius 1 is 1.27 bits per heavy atom. The van der Waals surface area contributed by atoms with Gasteiger partial charge in [0.05, 0.1) is 11.6 Å². The number of hydrogen-bond donors (Lipinski definition) is 0. The molecule has 7 nitrogen and oxygen atoms in total. The van der Waals surface area contributed by atoms with Crippen molar-refractivity contribution in [2.45, 2.75) is 25.9 Å². The van der Waals surface area contributed by atoms with Gasteiger partial charge in [-0.2, -0.15) is 4.52 Å². The average Bonchev–Trinajstić information content (AvgIpc) is 3.21. The van der Waals surface area contributed by atoms with Gasteiger partial charge in [0.1, 0.15) is 0 Å². The third-order valence-electron chi connectivity index (χ3n) is 4.27. The number of pyridine rings is 1. The molecule has 7 heteroatoms. The topological polar surface area (TPSA) is 68.3 Å². The Morgan fingerprint density at radius 3 is 3.00 bits per heavy atom. The molecule has 0 bridgehead atoms. The lowest BCUT2D eigenvalue weighted by atomic mass is 10.1. The number of hydrogen-bond acceptors (Lipinski definition) is 4. The van der Waals surface area contributed by atoms with Crippen molar-refractivity contribution in [3.05, 3.63) is 47.9 Å². The van der Waals surface area contributed by atoms with Crippen molar-refractivity contribution in [3.63, 3.8) is 0 Å². The molecule has 4 rings (SSSR count). The first-order valence-electron chi connectivity index (χ1n) is 7.42. The van der Waals surface area contributed by atoms with Crippen molar-refractivity contribution in [2.24, 2.45) is 0 Å². The van der Waals surface area contributed by atoms with E-state index in [2.05, 4.69) is 39.3 Å². The van der Waals surface area contributed by atoms with Gasteiger partial charge in [-0.3, -0.25) is 4.79 Å². The summed E-state index contributed by atoms with van der Waals surface area (Å²) in [7, 11) is 0. The molecule has 1 amide bonds. The van der Waals surface area contributed by atoms with Crippen LogP contribution < -0.4 is 0 Å². The largest absolute Gasteiger partial charge is 0.348 e.